The Kier molecular flexibility index (Phi) is 2.25. The van der Waals surface area contributed by atoms with Crippen molar-refractivity contribution in [2.45, 2.75) is 26.3 Å². The van der Waals surface area contributed by atoms with Crippen LogP contribution in [0.3, 0.4) is 0 Å². The number of hydrogen-bond acceptors (Lipinski definition) is 2. The van der Waals surface area contributed by atoms with Crippen molar-refractivity contribution in [1.29, 1.82) is 10.7 Å². The zero-order valence-corrected chi connectivity index (χ0v) is 6.47. The molecule has 0 aromatic carbocycles. The van der Waals surface area contributed by atoms with E-state index in [0.29, 0.717) is 0 Å². The predicted octanol–water partition coefficient (Wildman–Crippen LogP) is 0.461. The Balaban J connectivity index is 4.42. The smallest absolute Gasteiger partial charge is 0.202 e. The SMILES string of the molecule is CC(C)(C)N(C#N)C(=N)N. The van der Waals surface area contributed by atoms with Gasteiger partial charge < -0.3 is 5.73 Å². The molecule has 0 aromatic rings. The summed E-state index contributed by atoms with van der Waals surface area (Å²) in [5.41, 5.74) is 4.73. The quantitative estimate of drug-likeness (QED) is 0.222. The van der Waals surface area contributed by atoms with Gasteiger partial charge in [0.15, 0.2) is 6.19 Å². The van der Waals surface area contributed by atoms with Gasteiger partial charge in [0.25, 0.3) is 0 Å². The first-order chi connectivity index (χ1) is 4.39. The van der Waals surface area contributed by atoms with Crippen molar-refractivity contribution in [1.82, 2.24) is 4.90 Å². The van der Waals surface area contributed by atoms with E-state index in [1.165, 1.54) is 0 Å². The summed E-state index contributed by atoms with van der Waals surface area (Å²) in [7, 11) is 0. The fraction of sp³-hybridized carbons (Fsp3) is 0.667. The van der Waals surface area contributed by atoms with Crippen LogP contribution in [0.25, 0.3) is 0 Å². The lowest BCUT2D eigenvalue weighted by atomic mass is 10.1. The van der Waals surface area contributed by atoms with E-state index in [0.717, 1.165) is 4.90 Å². The standard InChI is InChI=1S/C6H12N4/c1-6(2,3)10(4-7)5(8)9/h1-3H3,(H3,8,9). The molecule has 0 aliphatic carbocycles. The fourth-order valence-corrected chi connectivity index (χ4v) is 0.565. The van der Waals surface area contributed by atoms with Crippen molar-refractivity contribution >= 4 is 5.96 Å². The third-order valence-corrected chi connectivity index (χ3v) is 1.01. The second-order valence-corrected chi connectivity index (χ2v) is 2.99. The van der Waals surface area contributed by atoms with Crippen LogP contribution in [0.1, 0.15) is 20.8 Å². The van der Waals surface area contributed by atoms with Gasteiger partial charge in [-0.1, -0.05) is 0 Å². The molecule has 4 heteroatoms. The Hall–Kier alpha value is -1.24. The molecule has 56 valence electrons. The third-order valence-electron chi connectivity index (χ3n) is 1.01. The number of nitriles is 1. The van der Waals surface area contributed by atoms with Gasteiger partial charge in [0.2, 0.25) is 5.96 Å². The number of guanidine groups is 1. The van der Waals surface area contributed by atoms with Gasteiger partial charge >= 0.3 is 0 Å². The van der Waals surface area contributed by atoms with E-state index in [1.54, 1.807) is 0 Å². The molecule has 10 heavy (non-hydrogen) atoms. The Morgan fingerprint density at radius 3 is 2.00 bits per heavy atom. The van der Waals surface area contributed by atoms with Crippen LogP contribution in [-0.2, 0) is 0 Å². The van der Waals surface area contributed by atoms with Gasteiger partial charge in [-0.3, -0.25) is 5.41 Å². The molecule has 0 unspecified atom stereocenters. The van der Waals surface area contributed by atoms with Crippen LogP contribution in [0.2, 0.25) is 0 Å². The minimum Gasteiger partial charge on any atom is -0.369 e. The molecule has 0 aliphatic rings. The highest BCUT2D eigenvalue weighted by Crippen LogP contribution is 2.09. The second-order valence-electron chi connectivity index (χ2n) is 2.99. The van der Waals surface area contributed by atoms with Crippen molar-refractivity contribution < 1.29 is 0 Å². The van der Waals surface area contributed by atoms with Crippen molar-refractivity contribution in [3.05, 3.63) is 0 Å². The third kappa shape index (κ3) is 1.94. The van der Waals surface area contributed by atoms with Gasteiger partial charge in [0, 0.05) is 5.54 Å². The molecule has 0 rings (SSSR count). The van der Waals surface area contributed by atoms with Crippen LogP contribution in [0.4, 0.5) is 0 Å². The fourth-order valence-electron chi connectivity index (χ4n) is 0.565. The van der Waals surface area contributed by atoms with Gasteiger partial charge in [-0.15, -0.1) is 0 Å². The maximum absolute atomic E-state index is 8.49. The van der Waals surface area contributed by atoms with E-state index >= 15 is 0 Å². The molecule has 0 aromatic heterocycles. The van der Waals surface area contributed by atoms with Crippen LogP contribution in [-0.4, -0.2) is 16.4 Å². The van der Waals surface area contributed by atoms with E-state index in [-0.39, 0.29) is 11.5 Å². The molecule has 0 aliphatic heterocycles. The summed E-state index contributed by atoms with van der Waals surface area (Å²) in [5.74, 6) is -0.213. The number of rotatable bonds is 0. The predicted molar refractivity (Wildman–Crippen MR) is 39.1 cm³/mol. The molecule has 0 saturated carbocycles. The second kappa shape index (κ2) is 2.56. The summed E-state index contributed by atoms with van der Waals surface area (Å²) in [6.07, 6.45) is 1.83. The molecular weight excluding hydrogens is 128 g/mol. The van der Waals surface area contributed by atoms with Crippen LogP contribution in [0.5, 0.6) is 0 Å². The minimum absolute atomic E-state index is 0.213. The Morgan fingerprint density at radius 1 is 1.60 bits per heavy atom. The topological polar surface area (TPSA) is 76.9 Å². The summed E-state index contributed by atoms with van der Waals surface area (Å²) in [6.45, 7) is 5.45. The molecule has 0 spiro atoms. The van der Waals surface area contributed by atoms with Crippen molar-refractivity contribution in [2.24, 2.45) is 5.73 Å². The lowest BCUT2D eigenvalue weighted by molar-refractivity contribution is 0.319. The van der Waals surface area contributed by atoms with Crippen LogP contribution in [0.15, 0.2) is 0 Å². The van der Waals surface area contributed by atoms with Gasteiger partial charge in [0.05, 0.1) is 0 Å². The first-order valence-electron chi connectivity index (χ1n) is 2.93. The highest BCUT2D eigenvalue weighted by Gasteiger charge is 2.21. The zero-order chi connectivity index (χ0) is 8.36. The van der Waals surface area contributed by atoms with Crippen LogP contribution < -0.4 is 5.73 Å². The van der Waals surface area contributed by atoms with E-state index < -0.39 is 0 Å². The lowest BCUT2D eigenvalue weighted by Gasteiger charge is -2.28. The largest absolute Gasteiger partial charge is 0.369 e. The molecule has 0 heterocycles. The van der Waals surface area contributed by atoms with Gasteiger partial charge in [0.1, 0.15) is 0 Å². The molecule has 0 amide bonds. The van der Waals surface area contributed by atoms with Gasteiger partial charge in [-0.25, -0.2) is 4.90 Å². The van der Waals surface area contributed by atoms with E-state index in [9.17, 15) is 0 Å². The van der Waals surface area contributed by atoms with E-state index in [4.69, 9.17) is 16.4 Å². The molecule has 0 atom stereocenters. The first kappa shape index (κ1) is 8.76. The highest BCUT2D eigenvalue weighted by molar-refractivity contribution is 5.76. The van der Waals surface area contributed by atoms with Crippen molar-refractivity contribution in [2.75, 3.05) is 0 Å². The maximum Gasteiger partial charge on any atom is 0.202 e. The first-order valence-corrected chi connectivity index (χ1v) is 2.93. The van der Waals surface area contributed by atoms with Crippen LogP contribution >= 0.6 is 0 Å². The average Bonchev–Trinajstić information content (AvgIpc) is 1.60. The van der Waals surface area contributed by atoms with Crippen molar-refractivity contribution in [3.63, 3.8) is 0 Å². The number of hydrogen-bond donors (Lipinski definition) is 2. The minimum atomic E-state index is -0.388. The van der Waals surface area contributed by atoms with Gasteiger partial charge in [-0.2, -0.15) is 5.26 Å². The summed E-state index contributed by atoms with van der Waals surface area (Å²) in [6, 6.07) is 0. The molecular formula is C6H12N4. The molecule has 0 bridgehead atoms. The molecule has 0 fully saturated rings. The molecule has 4 nitrogen and oxygen atoms in total. The molecule has 3 N–H and O–H groups in total. The van der Waals surface area contributed by atoms with E-state index in [1.807, 2.05) is 27.0 Å². The maximum atomic E-state index is 8.49. The average molecular weight is 140 g/mol. The number of nitrogens with one attached hydrogen (secondary N) is 1. The summed E-state index contributed by atoms with van der Waals surface area (Å²) >= 11 is 0. The summed E-state index contributed by atoms with van der Waals surface area (Å²) in [4.78, 5) is 1.15. The summed E-state index contributed by atoms with van der Waals surface area (Å²) < 4.78 is 0. The Labute approximate surface area is 60.7 Å². The zero-order valence-electron chi connectivity index (χ0n) is 6.47. The highest BCUT2D eigenvalue weighted by atomic mass is 15.3. The van der Waals surface area contributed by atoms with E-state index in [2.05, 4.69) is 0 Å². The van der Waals surface area contributed by atoms with Crippen LogP contribution in [0, 0.1) is 16.9 Å². The number of nitrogens with zero attached hydrogens (tertiary/aromatic N) is 2. The summed E-state index contributed by atoms with van der Waals surface area (Å²) in [5, 5.41) is 15.5. The Morgan fingerprint density at radius 2 is 2.00 bits per heavy atom. The van der Waals surface area contributed by atoms with Gasteiger partial charge in [-0.05, 0) is 20.8 Å². The Bertz CT molecular complexity index is 171. The van der Waals surface area contributed by atoms with Crippen molar-refractivity contribution in [3.8, 4) is 6.19 Å². The lowest BCUT2D eigenvalue weighted by Crippen LogP contribution is -2.45. The number of nitrogens with two attached hydrogens (primary N) is 1. The monoisotopic (exact) mass is 140 g/mol. The molecule has 0 radical (unpaired) electrons. The molecule has 0 saturated heterocycles. The normalized spacial score (nSPS) is 10.2.